The van der Waals surface area contributed by atoms with E-state index < -0.39 is 0 Å². The lowest BCUT2D eigenvalue weighted by Gasteiger charge is -2.20. The molecule has 96 valence electrons. The topological polar surface area (TPSA) is 21.3 Å². The summed E-state index contributed by atoms with van der Waals surface area (Å²) in [6.07, 6.45) is 1.24. The fraction of sp³-hybridized carbons (Fsp3) is 0.600. The van der Waals surface area contributed by atoms with Crippen molar-refractivity contribution in [1.29, 1.82) is 0 Å². The number of benzene rings is 1. The molecule has 0 spiro atoms. The standard InChI is InChI=1S/C15H25NO/c1-13(14-9-6-5-7-10-14)17-12-8-11-16-15(2,3)4/h5-7,9-10,13,16H,8,11-12H2,1-4H3. The van der Waals surface area contributed by atoms with Gasteiger partial charge >= 0.3 is 0 Å². The molecule has 0 aromatic heterocycles. The highest BCUT2D eigenvalue weighted by Crippen LogP contribution is 2.15. The molecule has 2 nitrogen and oxygen atoms in total. The second-order valence-electron chi connectivity index (χ2n) is 5.45. The third kappa shape index (κ3) is 6.44. The summed E-state index contributed by atoms with van der Waals surface area (Å²) < 4.78 is 5.80. The van der Waals surface area contributed by atoms with E-state index in [1.54, 1.807) is 0 Å². The van der Waals surface area contributed by atoms with E-state index in [4.69, 9.17) is 4.74 Å². The summed E-state index contributed by atoms with van der Waals surface area (Å²) in [5, 5.41) is 3.46. The quantitative estimate of drug-likeness (QED) is 0.761. The van der Waals surface area contributed by atoms with Crippen LogP contribution in [0.5, 0.6) is 0 Å². The summed E-state index contributed by atoms with van der Waals surface area (Å²) in [5.74, 6) is 0. The van der Waals surface area contributed by atoms with E-state index in [1.807, 2.05) is 6.07 Å². The second-order valence-corrected chi connectivity index (χ2v) is 5.45. The fourth-order valence-electron chi connectivity index (χ4n) is 1.62. The van der Waals surface area contributed by atoms with Crippen molar-refractivity contribution in [3.63, 3.8) is 0 Å². The molecule has 0 saturated carbocycles. The zero-order valence-electron chi connectivity index (χ0n) is 11.5. The summed E-state index contributed by atoms with van der Waals surface area (Å²) >= 11 is 0. The minimum atomic E-state index is 0.186. The van der Waals surface area contributed by atoms with Gasteiger partial charge in [0, 0.05) is 12.1 Å². The van der Waals surface area contributed by atoms with Gasteiger partial charge in [0.2, 0.25) is 0 Å². The first-order chi connectivity index (χ1) is 7.99. The van der Waals surface area contributed by atoms with Crippen LogP contribution in [0.15, 0.2) is 30.3 Å². The minimum absolute atomic E-state index is 0.186. The molecule has 1 unspecified atom stereocenters. The van der Waals surface area contributed by atoms with Gasteiger partial charge in [-0.25, -0.2) is 0 Å². The van der Waals surface area contributed by atoms with Gasteiger partial charge in [-0.2, -0.15) is 0 Å². The van der Waals surface area contributed by atoms with Crippen LogP contribution in [0.2, 0.25) is 0 Å². The van der Waals surface area contributed by atoms with Crippen molar-refractivity contribution in [1.82, 2.24) is 5.32 Å². The van der Waals surface area contributed by atoms with Crippen molar-refractivity contribution in [2.24, 2.45) is 0 Å². The van der Waals surface area contributed by atoms with Crippen molar-refractivity contribution in [3.8, 4) is 0 Å². The zero-order chi connectivity index (χ0) is 12.7. The molecule has 2 heteroatoms. The average molecular weight is 235 g/mol. The average Bonchev–Trinajstić information content (AvgIpc) is 2.28. The predicted molar refractivity (Wildman–Crippen MR) is 73.2 cm³/mol. The zero-order valence-corrected chi connectivity index (χ0v) is 11.5. The third-order valence-electron chi connectivity index (χ3n) is 2.61. The summed E-state index contributed by atoms with van der Waals surface area (Å²) in [6, 6.07) is 10.4. The normalized spacial score (nSPS) is 13.6. The maximum absolute atomic E-state index is 5.80. The molecule has 0 aliphatic rings. The predicted octanol–water partition coefficient (Wildman–Crippen LogP) is 3.54. The summed E-state index contributed by atoms with van der Waals surface area (Å²) in [6.45, 7) is 10.5. The maximum atomic E-state index is 5.80. The maximum Gasteiger partial charge on any atom is 0.0796 e. The van der Waals surface area contributed by atoms with Gasteiger partial charge in [-0.3, -0.25) is 0 Å². The van der Waals surface area contributed by atoms with Crippen LogP contribution < -0.4 is 5.32 Å². The van der Waals surface area contributed by atoms with Crippen molar-refractivity contribution in [2.75, 3.05) is 13.2 Å². The molecule has 0 aliphatic carbocycles. The monoisotopic (exact) mass is 235 g/mol. The molecular formula is C15H25NO. The van der Waals surface area contributed by atoms with Crippen LogP contribution in [-0.4, -0.2) is 18.7 Å². The summed E-state index contributed by atoms with van der Waals surface area (Å²) in [7, 11) is 0. The first kappa shape index (κ1) is 14.2. The number of nitrogens with one attached hydrogen (secondary N) is 1. The van der Waals surface area contributed by atoms with Gasteiger partial charge in [-0.05, 0) is 46.2 Å². The molecule has 0 fully saturated rings. The highest BCUT2D eigenvalue weighted by Gasteiger charge is 2.08. The number of hydrogen-bond donors (Lipinski definition) is 1. The highest BCUT2D eigenvalue weighted by atomic mass is 16.5. The van der Waals surface area contributed by atoms with Crippen molar-refractivity contribution >= 4 is 0 Å². The third-order valence-corrected chi connectivity index (χ3v) is 2.61. The largest absolute Gasteiger partial charge is 0.374 e. The van der Waals surface area contributed by atoms with E-state index in [0.717, 1.165) is 19.6 Å². The summed E-state index contributed by atoms with van der Waals surface area (Å²) in [5.41, 5.74) is 1.45. The van der Waals surface area contributed by atoms with E-state index in [-0.39, 0.29) is 11.6 Å². The van der Waals surface area contributed by atoms with E-state index in [1.165, 1.54) is 5.56 Å². The van der Waals surface area contributed by atoms with Gasteiger partial charge in [0.25, 0.3) is 0 Å². The molecular weight excluding hydrogens is 210 g/mol. The lowest BCUT2D eigenvalue weighted by Crippen LogP contribution is -2.36. The lowest BCUT2D eigenvalue weighted by molar-refractivity contribution is 0.0633. The second kappa shape index (κ2) is 6.77. The van der Waals surface area contributed by atoms with Crippen LogP contribution in [0, 0.1) is 0 Å². The Morgan fingerprint density at radius 3 is 2.41 bits per heavy atom. The number of rotatable bonds is 6. The Labute approximate surface area is 105 Å². The Kier molecular flexibility index (Phi) is 5.66. The summed E-state index contributed by atoms with van der Waals surface area (Å²) in [4.78, 5) is 0. The van der Waals surface area contributed by atoms with E-state index >= 15 is 0 Å². The first-order valence-corrected chi connectivity index (χ1v) is 6.40. The SMILES string of the molecule is CC(OCCCNC(C)(C)C)c1ccccc1. The Hall–Kier alpha value is -0.860. The number of ether oxygens (including phenoxy) is 1. The molecule has 0 radical (unpaired) electrons. The van der Waals surface area contributed by atoms with Crippen LogP contribution in [-0.2, 0) is 4.74 Å². The van der Waals surface area contributed by atoms with Crippen LogP contribution in [0.25, 0.3) is 0 Å². The van der Waals surface area contributed by atoms with Gasteiger partial charge in [-0.1, -0.05) is 30.3 Å². The van der Waals surface area contributed by atoms with Gasteiger partial charge in [0.05, 0.1) is 6.10 Å². The number of hydrogen-bond acceptors (Lipinski definition) is 2. The highest BCUT2D eigenvalue weighted by molar-refractivity contribution is 5.16. The van der Waals surface area contributed by atoms with Crippen molar-refractivity contribution in [2.45, 2.75) is 45.8 Å². The molecule has 17 heavy (non-hydrogen) atoms. The molecule has 0 bridgehead atoms. The Bertz CT molecular complexity index is 302. The molecule has 1 rings (SSSR count). The molecule has 0 amide bonds. The molecule has 0 saturated heterocycles. The van der Waals surface area contributed by atoms with Crippen LogP contribution in [0.1, 0.15) is 45.8 Å². The van der Waals surface area contributed by atoms with Crippen LogP contribution in [0.3, 0.4) is 0 Å². The Morgan fingerprint density at radius 1 is 1.18 bits per heavy atom. The van der Waals surface area contributed by atoms with Gasteiger partial charge < -0.3 is 10.1 Å². The van der Waals surface area contributed by atoms with Gasteiger partial charge in [0.15, 0.2) is 0 Å². The van der Waals surface area contributed by atoms with Crippen LogP contribution >= 0.6 is 0 Å². The van der Waals surface area contributed by atoms with Gasteiger partial charge in [0.1, 0.15) is 0 Å². The van der Waals surface area contributed by atoms with Crippen LogP contribution in [0.4, 0.5) is 0 Å². The minimum Gasteiger partial charge on any atom is -0.374 e. The molecule has 0 heterocycles. The first-order valence-electron chi connectivity index (χ1n) is 6.40. The lowest BCUT2D eigenvalue weighted by atomic mass is 10.1. The van der Waals surface area contributed by atoms with E-state index in [9.17, 15) is 0 Å². The van der Waals surface area contributed by atoms with E-state index in [2.05, 4.69) is 57.3 Å². The smallest absolute Gasteiger partial charge is 0.0796 e. The fourth-order valence-corrected chi connectivity index (χ4v) is 1.62. The molecule has 1 aromatic rings. The molecule has 0 aliphatic heterocycles. The van der Waals surface area contributed by atoms with E-state index in [0.29, 0.717) is 0 Å². The van der Waals surface area contributed by atoms with Crippen molar-refractivity contribution < 1.29 is 4.74 Å². The van der Waals surface area contributed by atoms with Crippen molar-refractivity contribution in [3.05, 3.63) is 35.9 Å². The van der Waals surface area contributed by atoms with Gasteiger partial charge in [-0.15, -0.1) is 0 Å². The Balaban J connectivity index is 2.15. The molecule has 1 aromatic carbocycles. The molecule has 1 N–H and O–H groups in total. The molecule has 1 atom stereocenters. The Morgan fingerprint density at radius 2 is 1.82 bits per heavy atom.